The lowest BCUT2D eigenvalue weighted by atomic mass is 10.2. The summed E-state index contributed by atoms with van der Waals surface area (Å²) < 4.78 is 31.6. The number of nitrogens with zero attached hydrogens (tertiary/aromatic N) is 2. The molecule has 1 aromatic carbocycles. The van der Waals surface area contributed by atoms with Gasteiger partial charge in [-0.3, -0.25) is 4.79 Å². The van der Waals surface area contributed by atoms with Gasteiger partial charge in [-0.15, -0.1) is 0 Å². The minimum atomic E-state index is -3.11. The van der Waals surface area contributed by atoms with Gasteiger partial charge in [0.1, 0.15) is 11.8 Å². The van der Waals surface area contributed by atoms with Crippen LogP contribution < -0.4 is 17.1 Å². The van der Waals surface area contributed by atoms with Crippen LogP contribution in [-0.4, -0.2) is 21.3 Å². The maximum atomic E-state index is 12.9. The van der Waals surface area contributed by atoms with Gasteiger partial charge in [-0.2, -0.15) is 0 Å². The average molecular weight is 400 g/mol. The Kier molecular flexibility index (Phi) is 5.85. The summed E-state index contributed by atoms with van der Waals surface area (Å²) in [4.78, 5) is 36.7. The lowest BCUT2D eigenvalue weighted by molar-refractivity contribution is 0.0407. The molecule has 0 amide bonds. The first-order valence-corrected chi connectivity index (χ1v) is 8.01. The minimum Gasteiger partial charge on any atom is -0.455 e. The molecule has 1 unspecified atom stereocenters. The van der Waals surface area contributed by atoms with Crippen molar-refractivity contribution in [2.75, 3.05) is 5.84 Å². The lowest BCUT2D eigenvalue weighted by Gasteiger charge is -2.15. The third kappa shape index (κ3) is 4.08. The smallest absolute Gasteiger partial charge is 0.354 e. The molecule has 0 spiro atoms. The summed E-state index contributed by atoms with van der Waals surface area (Å²) in [6.07, 6.45) is -3.70. The van der Waals surface area contributed by atoms with Crippen LogP contribution in [0.25, 0.3) is 5.69 Å². The molecule has 2 aromatic rings. The molecule has 144 valence electrons. The number of hydrogen-bond acceptors (Lipinski definition) is 5. The lowest BCUT2D eigenvalue weighted by Crippen LogP contribution is -2.43. The number of alkyl halides is 2. The van der Waals surface area contributed by atoms with E-state index >= 15 is 0 Å². The average Bonchev–Trinajstić information content (AvgIpc) is 2.58. The van der Waals surface area contributed by atoms with Crippen LogP contribution in [0.2, 0.25) is 5.02 Å². The zero-order chi connectivity index (χ0) is 20.5. The molecule has 7 nitrogen and oxygen atoms in total. The number of rotatable bonds is 5. The SMILES string of the molecule is C=C(C)C(C)OC(=O)c1cc(-n2c(=O)cc(C(F)F)n(N)c2=O)ccc1Cl. The van der Waals surface area contributed by atoms with Crippen LogP contribution in [0, 0.1) is 0 Å². The van der Waals surface area contributed by atoms with Gasteiger partial charge in [0.25, 0.3) is 12.0 Å². The highest BCUT2D eigenvalue weighted by atomic mass is 35.5. The van der Waals surface area contributed by atoms with Gasteiger partial charge in [0.2, 0.25) is 0 Å². The number of nitrogen functional groups attached to an aromatic ring is 1. The number of aromatic nitrogens is 2. The molecule has 2 N–H and O–H groups in total. The van der Waals surface area contributed by atoms with Crippen molar-refractivity contribution in [2.24, 2.45) is 0 Å². The van der Waals surface area contributed by atoms with E-state index in [1.54, 1.807) is 13.8 Å². The van der Waals surface area contributed by atoms with Gasteiger partial charge in [-0.1, -0.05) is 18.2 Å². The summed E-state index contributed by atoms with van der Waals surface area (Å²) in [5.74, 6) is 4.55. The predicted octanol–water partition coefficient (Wildman–Crippen LogP) is 2.43. The monoisotopic (exact) mass is 399 g/mol. The number of hydrogen-bond donors (Lipinski definition) is 1. The van der Waals surface area contributed by atoms with Crippen molar-refractivity contribution in [3.63, 3.8) is 0 Å². The Balaban J connectivity index is 2.58. The third-order valence-electron chi connectivity index (χ3n) is 3.80. The van der Waals surface area contributed by atoms with E-state index in [9.17, 15) is 23.2 Å². The number of carbonyl (C=O) groups is 1. The van der Waals surface area contributed by atoms with Crippen LogP contribution >= 0.6 is 11.6 Å². The van der Waals surface area contributed by atoms with Crippen LogP contribution in [-0.2, 0) is 4.74 Å². The molecule has 10 heteroatoms. The fraction of sp³-hybridized carbons (Fsp3) is 0.235. The summed E-state index contributed by atoms with van der Waals surface area (Å²) in [6, 6.07) is 4.22. The predicted molar refractivity (Wildman–Crippen MR) is 96.1 cm³/mol. The number of nitrogens with two attached hydrogens (primary N) is 1. The Bertz CT molecular complexity index is 1030. The van der Waals surface area contributed by atoms with E-state index in [1.165, 1.54) is 12.1 Å². The van der Waals surface area contributed by atoms with E-state index in [0.29, 0.717) is 16.2 Å². The molecule has 0 saturated heterocycles. The van der Waals surface area contributed by atoms with E-state index in [0.717, 1.165) is 6.07 Å². The van der Waals surface area contributed by atoms with Crippen molar-refractivity contribution >= 4 is 17.6 Å². The molecule has 0 bridgehead atoms. The van der Waals surface area contributed by atoms with Crippen molar-refractivity contribution in [1.29, 1.82) is 0 Å². The minimum absolute atomic E-state index is 0.0167. The summed E-state index contributed by atoms with van der Waals surface area (Å²) in [5, 5.41) is 0.0167. The second-order valence-corrected chi connectivity index (χ2v) is 6.16. The van der Waals surface area contributed by atoms with E-state index in [-0.39, 0.29) is 20.9 Å². The molecule has 0 radical (unpaired) electrons. The van der Waals surface area contributed by atoms with E-state index in [1.807, 2.05) is 0 Å². The number of carbonyl (C=O) groups excluding carboxylic acids is 1. The number of benzene rings is 1. The Hall–Kier alpha value is -2.94. The van der Waals surface area contributed by atoms with Crippen LogP contribution in [0.5, 0.6) is 0 Å². The summed E-state index contributed by atoms with van der Waals surface area (Å²) >= 11 is 6.00. The van der Waals surface area contributed by atoms with E-state index < -0.39 is 35.4 Å². The van der Waals surface area contributed by atoms with Crippen LogP contribution in [0.3, 0.4) is 0 Å². The van der Waals surface area contributed by atoms with Gasteiger partial charge in [0.15, 0.2) is 0 Å². The first-order valence-electron chi connectivity index (χ1n) is 7.63. The third-order valence-corrected chi connectivity index (χ3v) is 4.13. The number of halogens is 3. The van der Waals surface area contributed by atoms with Crippen LogP contribution in [0.4, 0.5) is 8.78 Å². The first-order chi connectivity index (χ1) is 12.5. The Morgan fingerprint density at radius 3 is 2.48 bits per heavy atom. The molecule has 1 atom stereocenters. The highest BCUT2D eigenvalue weighted by Crippen LogP contribution is 2.21. The zero-order valence-corrected chi connectivity index (χ0v) is 15.2. The van der Waals surface area contributed by atoms with Crippen molar-refractivity contribution in [1.82, 2.24) is 9.24 Å². The fourth-order valence-electron chi connectivity index (χ4n) is 2.11. The molecule has 0 fully saturated rings. The maximum absolute atomic E-state index is 12.9. The fourth-order valence-corrected chi connectivity index (χ4v) is 2.31. The van der Waals surface area contributed by atoms with Gasteiger partial charge in [0, 0.05) is 6.07 Å². The molecular formula is C17H16ClF2N3O4. The highest BCUT2D eigenvalue weighted by Gasteiger charge is 2.20. The molecule has 2 rings (SSSR count). The molecule has 0 saturated carbocycles. The standard InChI is InChI=1S/C17H16ClF2N3O4/c1-8(2)9(3)27-16(25)11-6-10(4-5-12(11)18)22-14(24)7-13(15(19)20)23(21)17(22)26/h4-7,9,15H,1,21H2,2-3H3. The summed E-state index contributed by atoms with van der Waals surface area (Å²) in [5.41, 5.74) is -2.76. The van der Waals surface area contributed by atoms with Crippen molar-refractivity contribution in [3.8, 4) is 5.69 Å². The Morgan fingerprint density at radius 2 is 1.93 bits per heavy atom. The van der Waals surface area contributed by atoms with Gasteiger partial charge in [-0.05, 0) is 37.6 Å². The molecule has 0 aliphatic rings. The second kappa shape index (κ2) is 7.75. The Morgan fingerprint density at radius 1 is 1.30 bits per heavy atom. The maximum Gasteiger partial charge on any atom is 0.354 e. The van der Waals surface area contributed by atoms with Gasteiger partial charge >= 0.3 is 11.7 Å². The normalized spacial score (nSPS) is 12.1. The summed E-state index contributed by atoms with van der Waals surface area (Å²) in [6.45, 7) is 6.95. The van der Waals surface area contributed by atoms with Gasteiger partial charge in [-0.25, -0.2) is 27.6 Å². The second-order valence-electron chi connectivity index (χ2n) is 5.75. The molecule has 1 aromatic heterocycles. The number of esters is 1. The molecule has 0 aliphatic carbocycles. The zero-order valence-electron chi connectivity index (χ0n) is 14.4. The van der Waals surface area contributed by atoms with E-state index in [2.05, 4.69) is 6.58 Å². The molecule has 1 heterocycles. The first kappa shape index (κ1) is 20.4. The van der Waals surface area contributed by atoms with Crippen LogP contribution in [0.1, 0.15) is 36.3 Å². The summed E-state index contributed by atoms with van der Waals surface area (Å²) in [7, 11) is 0. The quantitative estimate of drug-likeness (QED) is 0.473. The topological polar surface area (TPSA) is 96.3 Å². The van der Waals surface area contributed by atoms with Crippen LogP contribution in [0.15, 0.2) is 46.0 Å². The van der Waals surface area contributed by atoms with Gasteiger partial charge < -0.3 is 10.6 Å². The van der Waals surface area contributed by atoms with Crippen molar-refractivity contribution in [3.05, 3.63) is 73.5 Å². The molecular weight excluding hydrogens is 384 g/mol. The highest BCUT2D eigenvalue weighted by molar-refractivity contribution is 6.33. The van der Waals surface area contributed by atoms with Gasteiger partial charge in [0.05, 0.1) is 16.3 Å². The Labute approximate surface area is 157 Å². The van der Waals surface area contributed by atoms with E-state index in [4.69, 9.17) is 22.2 Å². The molecule has 27 heavy (non-hydrogen) atoms. The largest absolute Gasteiger partial charge is 0.455 e. The molecule has 0 aliphatic heterocycles. The number of ether oxygens (including phenoxy) is 1. The van der Waals surface area contributed by atoms with Crippen molar-refractivity contribution in [2.45, 2.75) is 26.4 Å². The van der Waals surface area contributed by atoms with Crippen molar-refractivity contribution < 1.29 is 18.3 Å².